The van der Waals surface area contributed by atoms with Crippen molar-refractivity contribution in [3.05, 3.63) is 33.2 Å². The molecule has 2 heterocycles. The zero-order chi connectivity index (χ0) is 17.7. The Morgan fingerprint density at radius 2 is 2.21 bits per heavy atom. The van der Waals surface area contributed by atoms with Gasteiger partial charge in [-0.25, -0.2) is 0 Å². The molecule has 0 spiro atoms. The first-order valence-electron chi connectivity index (χ1n) is 8.58. The average Bonchev–Trinajstić information content (AvgIpc) is 2.99. The molecule has 24 heavy (non-hydrogen) atoms. The third kappa shape index (κ3) is 4.92. The fourth-order valence-corrected chi connectivity index (χ4v) is 2.94. The summed E-state index contributed by atoms with van der Waals surface area (Å²) < 4.78 is 11.3. The van der Waals surface area contributed by atoms with Gasteiger partial charge >= 0.3 is 0 Å². The van der Waals surface area contributed by atoms with Crippen molar-refractivity contribution in [2.75, 3.05) is 13.2 Å². The van der Waals surface area contributed by atoms with Crippen LogP contribution in [0, 0.1) is 19.8 Å². The van der Waals surface area contributed by atoms with Crippen LogP contribution >= 0.6 is 0 Å². The molecular formula is C18H28N2O4. The zero-order valence-electron chi connectivity index (χ0n) is 15.0. The van der Waals surface area contributed by atoms with Crippen LogP contribution in [0.25, 0.3) is 0 Å². The number of ether oxygens (including phenoxy) is 2. The van der Waals surface area contributed by atoms with Crippen LogP contribution < -0.4 is 10.9 Å². The van der Waals surface area contributed by atoms with Crippen LogP contribution in [0.4, 0.5) is 0 Å². The minimum absolute atomic E-state index is 0.0452. The molecule has 1 amide bonds. The van der Waals surface area contributed by atoms with Gasteiger partial charge in [-0.2, -0.15) is 0 Å². The van der Waals surface area contributed by atoms with Crippen LogP contribution in [0.15, 0.2) is 10.9 Å². The van der Waals surface area contributed by atoms with E-state index in [0.29, 0.717) is 12.2 Å². The highest BCUT2D eigenvalue weighted by atomic mass is 16.5. The first-order chi connectivity index (χ1) is 11.4. The number of hydrogen-bond donors (Lipinski definition) is 2. The van der Waals surface area contributed by atoms with Crippen molar-refractivity contribution in [3.8, 4) is 0 Å². The maximum absolute atomic E-state index is 12.5. The molecular weight excluding hydrogens is 308 g/mol. The molecule has 1 aliphatic heterocycles. The Labute approximate surface area is 142 Å². The molecule has 0 aromatic carbocycles. The van der Waals surface area contributed by atoms with Crippen LogP contribution in [0.5, 0.6) is 0 Å². The van der Waals surface area contributed by atoms with Crippen molar-refractivity contribution in [1.29, 1.82) is 0 Å². The molecule has 1 aromatic rings. The van der Waals surface area contributed by atoms with Gasteiger partial charge in [-0.15, -0.1) is 0 Å². The minimum atomic E-state index is -0.543. The lowest BCUT2D eigenvalue weighted by Gasteiger charge is -2.22. The van der Waals surface area contributed by atoms with Crippen LogP contribution in [0.2, 0.25) is 0 Å². The summed E-state index contributed by atoms with van der Waals surface area (Å²) in [5, 5.41) is 2.83. The van der Waals surface area contributed by atoms with Gasteiger partial charge in [0, 0.05) is 24.4 Å². The van der Waals surface area contributed by atoms with Crippen molar-refractivity contribution in [2.45, 2.75) is 59.3 Å². The average molecular weight is 336 g/mol. The van der Waals surface area contributed by atoms with E-state index in [1.54, 1.807) is 0 Å². The molecule has 2 rings (SSSR count). The second-order valence-electron chi connectivity index (χ2n) is 6.79. The number of aromatic amines is 1. The van der Waals surface area contributed by atoms with Gasteiger partial charge in [-0.3, -0.25) is 9.59 Å². The Morgan fingerprint density at radius 1 is 1.46 bits per heavy atom. The first-order valence-corrected chi connectivity index (χ1v) is 8.58. The molecule has 1 fully saturated rings. The number of rotatable bonds is 7. The van der Waals surface area contributed by atoms with E-state index in [1.807, 2.05) is 33.8 Å². The molecule has 0 bridgehead atoms. The number of hydrogen-bond acceptors (Lipinski definition) is 4. The lowest BCUT2D eigenvalue weighted by Crippen LogP contribution is -2.41. The second kappa shape index (κ2) is 8.44. The van der Waals surface area contributed by atoms with Gasteiger partial charge in [-0.05, 0) is 44.2 Å². The zero-order valence-corrected chi connectivity index (χ0v) is 15.0. The first kappa shape index (κ1) is 18.7. The fraction of sp³-hybridized carbons (Fsp3) is 0.667. The summed E-state index contributed by atoms with van der Waals surface area (Å²) in [5.74, 6) is -0.147. The molecule has 0 unspecified atom stereocenters. The van der Waals surface area contributed by atoms with Crippen molar-refractivity contribution in [2.24, 2.45) is 5.92 Å². The van der Waals surface area contributed by atoms with Gasteiger partial charge in [0.05, 0.1) is 12.7 Å². The number of H-pyrrole nitrogens is 1. The van der Waals surface area contributed by atoms with E-state index >= 15 is 0 Å². The number of carbonyl (C=O) groups excluding carboxylic acids is 1. The van der Waals surface area contributed by atoms with Gasteiger partial charge in [0.25, 0.3) is 5.56 Å². The smallest absolute Gasteiger partial charge is 0.253 e. The second-order valence-corrected chi connectivity index (χ2v) is 6.79. The van der Waals surface area contributed by atoms with E-state index in [0.717, 1.165) is 30.7 Å². The van der Waals surface area contributed by atoms with Gasteiger partial charge in [0.1, 0.15) is 6.10 Å². The Bertz CT molecular complexity index is 618. The van der Waals surface area contributed by atoms with Crippen LogP contribution in [-0.2, 0) is 20.8 Å². The Hall–Kier alpha value is -1.66. The van der Waals surface area contributed by atoms with Gasteiger partial charge in [0.2, 0.25) is 5.91 Å². The Morgan fingerprint density at radius 3 is 2.79 bits per heavy atom. The standard InChI is InChI=1S/C18H28N2O4/c1-11(2)16(24-10-14-6-5-7-23-14)18(22)19-9-15-12(3)8-13(4)20-17(15)21/h8,11,14,16H,5-7,9-10H2,1-4H3,(H,19,22)(H,20,21)/t14-,16+/m0/s1. The summed E-state index contributed by atoms with van der Waals surface area (Å²) in [5.41, 5.74) is 2.11. The molecule has 0 saturated carbocycles. The molecule has 2 N–H and O–H groups in total. The number of amides is 1. The predicted molar refractivity (Wildman–Crippen MR) is 91.9 cm³/mol. The molecule has 6 heteroatoms. The van der Waals surface area contributed by atoms with E-state index in [1.165, 1.54) is 0 Å². The number of carbonyl (C=O) groups is 1. The highest BCUT2D eigenvalue weighted by Crippen LogP contribution is 2.15. The third-order valence-corrected chi connectivity index (χ3v) is 4.28. The summed E-state index contributed by atoms with van der Waals surface area (Å²) in [7, 11) is 0. The van der Waals surface area contributed by atoms with Crippen LogP contribution in [0.3, 0.4) is 0 Å². The minimum Gasteiger partial charge on any atom is -0.376 e. The number of aryl methyl sites for hydroxylation is 2. The highest BCUT2D eigenvalue weighted by molar-refractivity contribution is 5.81. The molecule has 2 atom stereocenters. The summed E-state index contributed by atoms with van der Waals surface area (Å²) in [6.45, 7) is 9.00. The van der Waals surface area contributed by atoms with Crippen molar-refractivity contribution >= 4 is 5.91 Å². The van der Waals surface area contributed by atoms with Crippen molar-refractivity contribution in [1.82, 2.24) is 10.3 Å². The third-order valence-electron chi connectivity index (χ3n) is 4.28. The van der Waals surface area contributed by atoms with E-state index in [9.17, 15) is 9.59 Å². The topological polar surface area (TPSA) is 80.4 Å². The molecule has 1 aliphatic rings. The summed E-state index contributed by atoms with van der Waals surface area (Å²) in [6, 6.07) is 1.90. The molecule has 134 valence electrons. The van der Waals surface area contributed by atoms with E-state index in [2.05, 4.69) is 10.3 Å². The van der Waals surface area contributed by atoms with Crippen molar-refractivity contribution in [3.63, 3.8) is 0 Å². The summed E-state index contributed by atoms with van der Waals surface area (Å²) in [4.78, 5) is 27.2. The quantitative estimate of drug-likeness (QED) is 0.796. The molecule has 1 saturated heterocycles. The number of aromatic nitrogens is 1. The monoisotopic (exact) mass is 336 g/mol. The summed E-state index contributed by atoms with van der Waals surface area (Å²) in [6.07, 6.45) is 1.56. The lowest BCUT2D eigenvalue weighted by molar-refractivity contribution is -0.138. The predicted octanol–water partition coefficient (Wildman–Crippen LogP) is 1.83. The molecule has 0 radical (unpaired) electrons. The normalized spacial score (nSPS) is 18.8. The SMILES string of the molecule is Cc1cc(C)c(CNC(=O)[C@H](OC[C@@H]2CCCO2)C(C)C)c(=O)[nH]1. The van der Waals surface area contributed by atoms with Crippen LogP contribution in [-0.4, -0.2) is 36.3 Å². The Kier molecular flexibility index (Phi) is 6.57. The fourth-order valence-electron chi connectivity index (χ4n) is 2.94. The maximum Gasteiger partial charge on any atom is 0.253 e. The maximum atomic E-state index is 12.5. The lowest BCUT2D eigenvalue weighted by atomic mass is 10.1. The van der Waals surface area contributed by atoms with Crippen LogP contribution in [0.1, 0.15) is 43.5 Å². The summed E-state index contributed by atoms with van der Waals surface area (Å²) >= 11 is 0. The molecule has 6 nitrogen and oxygen atoms in total. The Balaban J connectivity index is 1.94. The van der Waals surface area contributed by atoms with Gasteiger partial charge < -0.3 is 19.8 Å². The highest BCUT2D eigenvalue weighted by Gasteiger charge is 2.26. The van der Waals surface area contributed by atoms with E-state index in [-0.39, 0.29) is 30.0 Å². The largest absolute Gasteiger partial charge is 0.376 e. The number of nitrogens with one attached hydrogen (secondary N) is 2. The number of pyridine rings is 1. The molecule has 0 aliphatic carbocycles. The van der Waals surface area contributed by atoms with Gasteiger partial charge in [0.15, 0.2) is 0 Å². The van der Waals surface area contributed by atoms with E-state index < -0.39 is 6.10 Å². The molecule has 1 aromatic heterocycles. The van der Waals surface area contributed by atoms with Gasteiger partial charge in [-0.1, -0.05) is 13.8 Å². The van der Waals surface area contributed by atoms with Crippen molar-refractivity contribution < 1.29 is 14.3 Å². The van der Waals surface area contributed by atoms with E-state index in [4.69, 9.17) is 9.47 Å².